The fraction of sp³-hybridized carbons (Fsp3) is 0.364. The van der Waals surface area contributed by atoms with E-state index >= 15 is 0 Å². The van der Waals surface area contributed by atoms with Gasteiger partial charge in [-0.15, -0.1) is 0 Å². The molecule has 0 spiro atoms. The van der Waals surface area contributed by atoms with Crippen molar-refractivity contribution in [3.63, 3.8) is 0 Å². The Labute approximate surface area is 182 Å². The Hall–Kier alpha value is -3.68. The van der Waals surface area contributed by atoms with Gasteiger partial charge in [0.15, 0.2) is 11.4 Å². The van der Waals surface area contributed by atoms with Gasteiger partial charge in [-0.25, -0.2) is 0 Å². The Kier molecular flexibility index (Phi) is 4.66. The van der Waals surface area contributed by atoms with E-state index in [1.54, 1.807) is 0 Å². The van der Waals surface area contributed by atoms with E-state index in [9.17, 15) is 40.1 Å². The molecule has 4 rings (SSSR count). The van der Waals surface area contributed by atoms with Gasteiger partial charge in [-0.2, -0.15) is 5.26 Å². The van der Waals surface area contributed by atoms with Gasteiger partial charge in [-0.05, 0) is 50.6 Å². The lowest BCUT2D eigenvalue weighted by Gasteiger charge is -2.50. The number of aromatic hydroxyl groups is 1. The van der Waals surface area contributed by atoms with Crippen molar-refractivity contribution < 1.29 is 34.8 Å². The highest BCUT2D eigenvalue weighted by molar-refractivity contribution is 6.24. The van der Waals surface area contributed by atoms with E-state index in [1.165, 1.54) is 31.1 Å². The number of phenols is 1. The first kappa shape index (κ1) is 21.5. The minimum Gasteiger partial charge on any atom is -0.508 e. The second-order valence-electron chi connectivity index (χ2n) is 8.56. The molecule has 32 heavy (non-hydrogen) atoms. The number of nitrogens with zero attached hydrogens (tertiary/aromatic N) is 2. The third-order valence-electron chi connectivity index (χ3n) is 6.72. The number of Topliss-reactive ketones (excluding diaryl/α,β-unsaturated/α-hetero) is 2. The summed E-state index contributed by atoms with van der Waals surface area (Å²) in [5.41, 5.74) is 1.94. The van der Waals surface area contributed by atoms with Crippen molar-refractivity contribution in [2.24, 2.45) is 17.6 Å². The van der Waals surface area contributed by atoms with Crippen LogP contribution in [0.3, 0.4) is 0 Å². The number of nitrogens with two attached hydrogens (primary N) is 1. The lowest BCUT2D eigenvalue weighted by molar-refractivity contribution is -0.153. The zero-order valence-corrected chi connectivity index (χ0v) is 17.3. The summed E-state index contributed by atoms with van der Waals surface area (Å²) >= 11 is 0. The summed E-state index contributed by atoms with van der Waals surface area (Å²) in [7, 11) is 3.05. The molecule has 3 aliphatic rings. The molecule has 10 heteroatoms. The van der Waals surface area contributed by atoms with Crippen LogP contribution in [0, 0.1) is 23.2 Å². The molecule has 0 unspecified atom stereocenters. The smallest absolute Gasteiger partial charge is 0.255 e. The fourth-order valence-electron chi connectivity index (χ4n) is 5.35. The molecule has 0 heterocycles. The Morgan fingerprint density at radius 3 is 2.47 bits per heavy atom. The highest BCUT2D eigenvalue weighted by Crippen LogP contribution is 2.52. The summed E-state index contributed by atoms with van der Waals surface area (Å²) in [6.07, 6.45) is 0.0676. The number of rotatable bonds is 2. The number of hydrogen-bond acceptors (Lipinski definition) is 9. The van der Waals surface area contributed by atoms with E-state index in [0.29, 0.717) is 5.56 Å². The molecule has 10 nitrogen and oxygen atoms in total. The summed E-state index contributed by atoms with van der Waals surface area (Å²) in [6.45, 7) is 0. The fourth-order valence-corrected chi connectivity index (χ4v) is 5.35. The average molecular weight is 439 g/mol. The molecule has 4 atom stereocenters. The molecule has 0 aromatic heterocycles. The average Bonchev–Trinajstić information content (AvgIpc) is 2.70. The first-order chi connectivity index (χ1) is 15.0. The Balaban J connectivity index is 2.00. The quantitative estimate of drug-likeness (QED) is 0.390. The number of hydrogen-bond donors (Lipinski definition) is 5. The van der Waals surface area contributed by atoms with Gasteiger partial charge in [-0.3, -0.25) is 19.3 Å². The Morgan fingerprint density at radius 2 is 1.91 bits per heavy atom. The molecule has 0 bridgehead atoms. The molecule has 1 saturated carbocycles. The lowest BCUT2D eigenvalue weighted by atomic mass is 9.57. The van der Waals surface area contributed by atoms with Crippen LogP contribution in [0.1, 0.15) is 23.1 Å². The zero-order chi connectivity index (χ0) is 23.7. The zero-order valence-electron chi connectivity index (χ0n) is 17.3. The largest absolute Gasteiger partial charge is 0.508 e. The van der Waals surface area contributed by atoms with E-state index in [1.807, 2.05) is 6.07 Å². The SMILES string of the molecule is CN(C)[C@H]1C(=O)C(C(N)=O)=C(O)[C@]2(O)C(=O)C3=C(O)c4c(O)ccc(C#N)c4C[C@@H]3C[C@H]12. The number of amides is 1. The predicted molar refractivity (Wildman–Crippen MR) is 109 cm³/mol. The highest BCUT2D eigenvalue weighted by Gasteiger charge is 2.64. The number of phenolic OH excluding ortho intramolecular Hbond substituents is 1. The van der Waals surface area contributed by atoms with Gasteiger partial charge < -0.3 is 26.2 Å². The Bertz CT molecular complexity index is 1210. The molecule has 166 valence electrons. The monoisotopic (exact) mass is 439 g/mol. The number of aliphatic hydroxyl groups is 3. The van der Waals surface area contributed by atoms with Crippen molar-refractivity contribution in [1.82, 2.24) is 4.90 Å². The summed E-state index contributed by atoms with van der Waals surface area (Å²) in [5, 5.41) is 52.8. The van der Waals surface area contributed by atoms with Crippen LogP contribution in [0.2, 0.25) is 0 Å². The summed E-state index contributed by atoms with van der Waals surface area (Å²) in [4.78, 5) is 39.9. The van der Waals surface area contributed by atoms with Crippen LogP contribution in [0.4, 0.5) is 0 Å². The van der Waals surface area contributed by atoms with Crippen molar-refractivity contribution in [2.75, 3.05) is 14.1 Å². The molecule has 0 aliphatic heterocycles. The molecule has 1 amide bonds. The van der Waals surface area contributed by atoms with Crippen molar-refractivity contribution in [3.05, 3.63) is 45.7 Å². The van der Waals surface area contributed by atoms with Crippen LogP contribution in [0.5, 0.6) is 5.75 Å². The number of fused-ring (bicyclic) bond motifs is 3. The van der Waals surface area contributed by atoms with E-state index in [4.69, 9.17) is 5.73 Å². The van der Waals surface area contributed by atoms with Crippen LogP contribution in [0.15, 0.2) is 29.0 Å². The third-order valence-corrected chi connectivity index (χ3v) is 6.72. The minimum atomic E-state index is -2.67. The van der Waals surface area contributed by atoms with Crippen LogP contribution in [0.25, 0.3) is 5.76 Å². The number of carbonyl (C=O) groups excluding carboxylic acids is 3. The number of nitriles is 1. The molecule has 3 aliphatic carbocycles. The summed E-state index contributed by atoms with van der Waals surface area (Å²) < 4.78 is 0. The van der Waals surface area contributed by atoms with Gasteiger partial charge in [0.25, 0.3) is 5.91 Å². The molecular weight excluding hydrogens is 418 g/mol. The third kappa shape index (κ3) is 2.55. The van der Waals surface area contributed by atoms with E-state index in [2.05, 4.69) is 0 Å². The molecular formula is C22H21N3O7. The first-order valence-corrected chi connectivity index (χ1v) is 9.86. The maximum atomic E-state index is 13.6. The van der Waals surface area contributed by atoms with Gasteiger partial charge >= 0.3 is 0 Å². The minimum absolute atomic E-state index is 0.0215. The van der Waals surface area contributed by atoms with Crippen LogP contribution >= 0.6 is 0 Å². The maximum Gasteiger partial charge on any atom is 0.255 e. The van der Waals surface area contributed by atoms with Crippen molar-refractivity contribution >= 4 is 23.2 Å². The second kappa shape index (κ2) is 6.91. The molecule has 0 radical (unpaired) electrons. The number of benzene rings is 1. The van der Waals surface area contributed by atoms with Crippen LogP contribution in [-0.4, -0.2) is 68.5 Å². The van der Waals surface area contributed by atoms with Crippen molar-refractivity contribution in [3.8, 4) is 11.8 Å². The van der Waals surface area contributed by atoms with E-state index in [-0.39, 0.29) is 35.3 Å². The van der Waals surface area contributed by atoms with Crippen molar-refractivity contribution in [1.29, 1.82) is 5.26 Å². The predicted octanol–water partition coefficient (Wildman–Crippen LogP) is -0.164. The van der Waals surface area contributed by atoms with Crippen LogP contribution in [-0.2, 0) is 20.8 Å². The van der Waals surface area contributed by atoms with Gasteiger partial charge in [0.1, 0.15) is 22.8 Å². The topological polar surface area (TPSA) is 185 Å². The van der Waals surface area contributed by atoms with Gasteiger partial charge in [-0.1, -0.05) is 0 Å². The van der Waals surface area contributed by atoms with Crippen LogP contribution < -0.4 is 5.73 Å². The normalized spacial score (nSPS) is 29.4. The molecule has 6 N–H and O–H groups in total. The highest BCUT2D eigenvalue weighted by atomic mass is 16.3. The number of carbonyl (C=O) groups is 3. The lowest BCUT2D eigenvalue weighted by Crippen LogP contribution is -2.65. The molecule has 1 aromatic rings. The Morgan fingerprint density at radius 1 is 1.25 bits per heavy atom. The van der Waals surface area contributed by atoms with E-state index in [0.717, 1.165) is 0 Å². The van der Waals surface area contributed by atoms with Crippen molar-refractivity contribution in [2.45, 2.75) is 24.5 Å². The second-order valence-corrected chi connectivity index (χ2v) is 8.56. The first-order valence-electron chi connectivity index (χ1n) is 9.86. The number of likely N-dealkylation sites (N-methyl/N-ethyl adjacent to an activating group) is 1. The standard InChI is InChI=1S/C22H21N3O7/c1-25(2)16-11-6-9-5-10-8(7-23)3-4-12(26)14(10)17(27)13(9)19(29)22(11,32)20(30)15(18(16)28)21(24)31/h3-4,9,11,16,26-27,30,32H,5-6H2,1-2H3,(H2,24,31)/t9-,11-,16-,22-/m1/s1. The van der Waals surface area contributed by atoms with Gasteiger partial charge in [0.05, 0.1) is 23.2 Å². The molecule has 0 saturated heterocycles. The molecule has 1 fully saturated rings. The number of ketones is 2. The van der Waals surface area contributed by atoms with E-state index < -0.39 is 58.0 Å². The summed E-state index contributed by atoms with van der Waals surface area (Å²) in [6, 6.07) is 3.45. The molecule has 1 aromatic carbocycles. The number of aliphatic hydroxyl groups excluding tert-OH is 2. The number of primary amides is 1. The maximum absolute atomic E-state index is 13.6. The summed E-state index contributed by atoms with van der Waals surface area (Å²) in [5.74, 6) is -7.14. The van der Waals surface area contributed by atoms with Gasteiger partial charge in [0, 0.05) is 11.5 Å². The van der Waals surface area contributed by atoms with Gasteiger partial charge in [0.2, 0.25) is 5.78 Å².